The van der Waals surface area contributed by atoms with Crippen LogP contribution < -0.4 is 0 Å². The van der Waals surface area contributed by atoms with Crippen LogP contribution in [-0.4, -0.2) is 322 Å². The molecule has 7 heterocycles. The van der Waals surface area contributed by atoms with Gasteiger partial charge in [-0.2, -0.15) is 0 Å². The van der Waals surface area contributed by atoms with Gasteiger partial charge < -0.3 is 153 Å². The number of hydrogen-bond acceptors (Lipinski definition) is 32. The van der Waals surface area contributed by atoms with Crippen molar-refractivity contribution in [2.75, 3.05) is 46.2 Å². The van der Waals surface area contributed by atoms with Gasteiger partial charge in [-0.05, 0) is 123 Å². The molecule has 32 heteroatoms. The molecular formula is C68H110O32. The van der Waals surface area contributed by atoms with Crippen LogP contribution in [0.4, 0.5) is 0 Å². The number of rotatable bonds is 17. The normalized spacial score (nSPS) is 54.6. The monoisotopic (exact) mass is 1440 g/mol. The van der Waals surface area contributed by atoms with E-state index in [1.54, 1.807) is 0 Å². The van der Waals surface area contributed by atoms with E-state index in [0.29, 0.717) is 44.9 Å². The van der Waals surface area contributed by atoms with E-state index in [-0.39, 0.29) is 34.0 Å². The Labute approximate surface area is 580 Å². The van der Waals surface area contributed by atoms with Gasteiger partial charge in [0.25, 0.3) is 0 Å². The van der Waals surface area contributed by atoms with Gasteiger partial charge in [0.2, 0.25) is 6.29 Å². The zero-order chi connectivity index (χ0) is 72.7. The van der Waals surface area contributed by atoms with Gasteiger partial charge >= 0.3 is 5.97 Å². The van der Waals surface area contributed by atoms with Crippen molar-refractivity contribution in [1.29, 1.82) is 0 Å². The summed E-state index contributed by atoms with van der Waals surface area (Å²) in [5.74, 6) is -0.653. The second kappa shape index (κ2) is 28.5. The lowest BCUT2D eigenvalue weighted by Crippen LogP contribution is -2.67. The molecule has 0 spiro atoms. The third-order valence-corrected chi connectivity index (χ3v) is 26.4. The summed E-state index contributed by atoms with van der Waals surface area (Å²) < 4.78 is 84.5. The molecule has 574 valence electrons. The Kier molecular flexibility index (Phi) is 22.2. The average Bonchev–Trinajstić information content (AvgIpc) is 0.770. The van der Waals surface area contributed by atoms with Crippen molar-refractivity contribution in [3.63, 3.8) is 0 Å². The molecule has 0 amide bonds. The average molecular weight is 1440 g/mol. The number of aliphatic hydroxyl groups is 17. The minimum absolute atomic E-state index is 0.0965. The number of carbonyl (C=O) groups is 1. The minimum atomic E-state index is -2.12. The lowest BCUT2D eigenvalue weighted by Gasteiger charge is -2.71. The van der Waals surface area contributed by atoms with Gasteiger partial charge in [-0.25, -0.2) is 0 Å². The molecule has 37 atom stereocenters. The lowest BCUT2D eigenvalue weighted by atomic mass is 9.33. The molecule has 0 bridgehead atoms. The number of ether oxygens (including phenoxy) is 14. The molecular weight excluding hydrogens is 1330 g/mol. The van der Waals surface area contributed by atoms with E-state index >= 15 is 4.79 Å². The van der Waals surface area contributed by atoms with E-state index < -0.39 is 252 Å². The maximum Gasteiger partial charge on any atom is 0.315 e. The highest BCUT2D eigenvalue weighted by atomic mass is 16.8. The first-order valence-electron chi connectivity index (χ1n) is 35.6. The predicted molar refractivity (Wildman–Crippen MR) is 334 cm³/mol. The van der Waals surface area contributed by atoms with Crippen LogP contribution in [0.5, 0.6) is 0 Å². The molecule has 4 saturated carbocycles. The van der Waals surface area contributed by atoms with Crippen molar-refractivity contribution in [3.8, 4) is 0 Å². The number of hydrogen-bond donors (Lipinski definition) is 17. The van der Waals surface area contributed by atoms with Crippen LogP contribution in [0.3, 0.4) is 0 Å². The number of fused-ring (bicyclic) bond motifs is 7. The standard InChI is InChI=1S/C68H110O32/c1-28-38(74)41(77)42(78)54(91-28)98-49-45(81)55(92-29(2)46(49)95-53-43(79)47(33(73)23-87-53)96-58-51(82)67(85,24-70)26-89-58)99-50-39(75)32(72)22-88-57(50)100-60(84)66-18-16-61(3,4)20-31(66)30-10-11-36-63(7)14-13-37(62(5,6)35(63)12-15-65(36,9)64(30,8)17-19-66)94-56-44(80)48(40(76)34(21-69)93-56)97-59-52(83)68(86,25-71)27-90-59/h10,28-29,31-59,69-83,85-86H,11-27H2,1-9H3. The highest BCUT2D eigenvalue weighted by Crippen LogP contribution is 2.76. The summed E-state index contributed by atoms with van der Waals surface area (Å²) in [7, 11) is 0. The van der Waals surface area contributed by atoms with E-state index in [0.717, 1.165) is 19.3 Å². The van der Waals surface area contributed by atoms with Crippen molar-refractivity contribution < 1.29 is 158 Å². The summed E-state index contributed by atoms with van der Waals surface area (Å²) in [6.07, 6.45) is -36.3. The van der Waals surface area contributed by atoms with Gasteiger partial charge in [-0.15, -0.1) is 0 Å². The van der Waals surface area contributed by atoms with Crippen LogP contribution in [0.2, 0.25) is 0 Å². The molecule has 7 aliphatic heterocycles. The molecule has 5 aliphatic carbocycles. The molecule has 17 N–H and O–H groups in total. The van der Waals surface area contributed by atoms with Crippen molar-refractivity contribution in [2.24, 2.45) is 50.2 Å². The Morgan fingerprint density at radius 1 is 0.500 bits per heavy atom. The van der Waals surface area contributed by atoms with Gasteiger partial charge in [0.1, 0.15) is 115 Å². The fourth-order valence-electron chi connectivity index (χ4n) is 19.8. The van der Waals surface area contributed by atoms with Crippen LogP contribution in [0, 0.1) is 50.2 Å². The largest absolute Gasteiger partial charge is 0.432 e. The molecule has 0 aromatic heterocycles. The Morgan fingerprint density at radius 2 is 1.05 bits per heavy atom. The summed E-state index contributed by atoms with van der Waals surface area (Å²) in [6.45, 7) is 14.2. The molecule has 12 aliphatic rings. The second-order valence-electron chi connectivity index (χ2n) is 33.1. The highest BCUT2D eigenvalue weighted by molar-refractivity contribution is 5.79. The fraction of sp³-hybridized carbons (Fsp3) is 0.956. The number of carbonyl (C=O) groups excluding carboxylic acids is 1. The van der Waals surface area contributed by atoms with E-state index in [1.165, 1.54) is 19.4 Å². The maximum absolute atomic E-state index is 15.7. The summed E-state index contributed by atoms with van der Waals surface area (Å²) in [4.78, 5) is 15.7. The molecule has 0 aromatic carbocycles. The van der Waals surface area contributed by atoms with Crippen LogP contribution in [0.1, 0.15) is 127 Å². The van der Waals surface area contributed by atoms with E-state index in [1.807, 2.05) is 0 Å². The van der Waals surface area contributed by atoms with Crippen molar-refractivity contribution in [3.05, 3.63) is 11.6 Å². The van der Waals surface area contributed by atoms with Crippen molar-refractivity contribution >= 4 is 5.97 Å². The molecule has 32 nitrogen and oxygen atoms in total. The summed E-state index contributed by atoms with van der Waals surface area (Å²) in [5.41, 5.74) is -5.73. The second-order valence-corrected chi connectivity index (χ2v) is 33.1. The first-order valence-corrected chi connectivity index (χ1v) is 35.6. The third-order valence-electron chi connectivity index (χ3n) is 26.4. The highest BCUT2D eigenvalue weighted by Gasteiger charge is 2.71. The van der Waals surface area contributed by atoms with Gasteiger partial charge in [-0.1, -0.05) is 60.1 Å². The molecule has 37 unspecified atom stereocenters. The van der Waals surface area contributed by atoms with Crippen LogP contribution in [0.15, 0.2) is 11.6 Å². The van der Waals surface area contributed by atoms with Crippen LogP contribution >= 0.6 is 0 Å². The molecule has 0 aromatic rings. The third kappa shape index (κ3) is 13.1. The quantitative estimate of drug-likeness (QED) is 0.0375. The number of allylic oxidation sites excluding steroid dienone is 2. The molecule has 100 heavy (non-hydrogen) atoms. The van der Waals surface area contributed by atoms with Gasteiger partial charge in [0.05, 0.1) is 70.0 Å². The van der Waals surface area contributed by atoms with Gasteiger partial charge in [0, 0.05) is 0 Å². The van der Waals surface area contributed by atoms with Crippen molar-refractivity contribution in [2.45, 2.75) is 310 Å². The van der Waals surface area contributed by atoms with E-state index in [9.17, 15) is 86.8 Å². The van der Waals surface area contributed by atoms with E-state index in [2.05, 4.69) is 54.5 Å². The molecule has 11 fully saturated rings. The predicted octanol–water partition coefficient (Wildman–Crippen LogP) is -3.95. The lowest BCUT2D eigenvalue weighted by molar-refractivity contribution is -0.393. The Morgan fingerprint density at radius 3 is 1.69 bits per heavy atom. The molecule has 12 rings (SSSR count). The maximum atomic E-state index is 15.7. The van der Waals surface area contributed by atoms with Crippen LogP contribution in [-0.2, 0) is 71.1 Å². The van der Waals surface area contributed by atoms with Crippen LogP contribution in [0.25, 0.3) is 0 Å². The number of aliphatic hydroxyl groups excluding tert-OH is 15. The smallest absolute Gasteiger partial charge is 0.315 e. The van der Waals surface area contributed by atoms with Gasteiger partial charge in [-0.3, -0.25) is 4.79 Å². The number of esters is 1. The summed E-state index contributed by atoms with van der Waals surface area (Å²) in [5, 5.41) is 186. The Balaban J connectivity index is 0.762. The summed E-state index contributed by atoms with van der Waals surface area (Å²) in [6, 6.07) is 0. The Hall–Kier alpha value is -1.99. The minimum Gasteiger partial charge on any atom is -0.432 e. The molecule has 7 saturated heterocycles. The SMILES string of the molecule is CC1OC(OC2C(O)C(OC3C(OC(=O)C45CCC(C)(C)CC4C4=CCC6C7(C)CCC(OC8OC(CO)C(O)C(OC9OCC(O)(CO)C9O)C8O)C(C)(C)C7CCC6(C)C4(C)CC5)OCC(O)C3O)OC(C)C2OC2OCC(O)C(OC3OCC(O)(CO)C3O)C2O)C(O)C(O)C1O. The van der Waals surface area contributed by atoms with E-state index in [4.69, 9.17) is 66.3 Å². The first-order chi connectivity index (χ1) is 46.9. The zero-order valence-corrected chi connectivity index (χ0v) is 58.2. The summed E-state index contributed by atoms with van der Waals surface area (Å²) >= 11 is 0. The van der Waals surface area contributed by atoms with Gasteiger partial charge in [0.15, 0.2) is 43.8 Å². The Bertz CT molecular complexity index is 2880. The van der Waals surface area contributed by atoms with Crippen molar-refractivity contribution in [1.82, 2.24) is 0 Å². The zero-order valence-electron chi connectivity index (χ0n) is 58.2. The fourth-order valence-corrected chi connectivity index (χ4v) is 19.8. The molecule has 0 radical (unpaired) electrons. The first kappa shape index (κ1) is 77.6. The topological polar surface area (TPSA) is 490 Å².